The molecule has 0 aliphatic carbocycles. The topological polar surface area (TPSA) is 27.1 Å². The maximum absolute atomic E-state index is 7.37. The largest absolute Gasteiger partial charge is 0.310 e. The van der Waals surface area contributed by atoms with E-state index in [4.69, 9.17) is 5.41 Å². The Labute approximate surface area is 69.1 Å². The molecule has 2 heteroatoms. The third kappa shape index (κ3) is 3.02. The number of hydrogen-bond donors (Lipinski definition) is 1. The van der Waals surface area contributed by atoms with Gasteiger partial charge < -0.3 is 10.3 Å². The van der Waals surface area contributed by atoms with Crippen molar-refractivity contribution in [3.8, 4) is 0 Å². The lowest BCUT2D eigenvalue weighted by molar-refractivity contribution is 0.223. The number of nitrogens with zero attached hydrogens (tertiary/aromatic N) is 1. The Morgan fingerprint density at radius 3 is 2.45 bits per heavy atom. The third-order valence-corrected chi connectivity index (χ3v) is 2.43. The zero-order chi connectivity index (χ0) is 8.27. The second-order valence-electron chi connectivity index (χ2n) is 3.73. The van der Waals surface area contributed by atoms with Crippen LogP contribution in [0.5, 0.6) is 0 Å². The quantitative estimate of drug-likeness (QED) is 0.603. The minimum Gasteiger partial charge on any atom is -0.310 e. The number of nitrogens with one attached hydrogen (secondary N) is 1. The number of likely N-dealkylation sites (tertiary alicyclic amines) is 1. The average Bonchev–Trinajstić information content (AvgIpc) is 1.93. The molecule has 0 saturated carbocycles. The lowest BCUT2D eigenvalue weighted by Crippen LogP contribution is -2.30. The summed E-state index contributed by atoms with van der Waals surface area (Å²) in [6.45, 7) is 4.36. The minimum atomic E-state index is 0.795. The summed E-state index contributed by atoms with van der Waals surface area (Å²) in [6, 6.07) is 0. The molecule has 0 bridgehead atoms. The molecule has 0 aromatic heterocycles. The summed E-state index contributed by atoms with van der Waals surface area (Å²) >= 11 is 0. The van der Waals surface area contributed by atoms with E-state index in [0.717, 1.165) is 18.1 Å². The second kappa shape index (κ2) is 3.86. The van der Waals surface area contributed by atoms with Gasteiger partial charge in [-0.1, -0.05) is 0 Å². The summed E-state index contributed by atoms with van der Waals surface area (Å²) in [5.41, 5.74) is 0.847. The lowest BCUT2D eigenvalue weighted by Gasteiger charge is -2.28. The van der Waals surface area contributed by atoms with Crippen molar-refractivity contribution in [1.29, 1.82) is 5.41 Å². The Bertz CT molecular complexity index is 134. The lowest BCUT2D eigenvalue weighted by atomic mass is 9.92. The van der Waals surface area contributed by atoms with Gasteiger partial charge in [-0.25, -0.2) is 0 Å². The van der Waals surface area contributed by atoms with Gasteiger partial charge in [0.15, 0.2) is 0 Å². The molecule has 1 heterocycles. The first-order chi connectivity index (χ1) is 5.18. The van der Waals surface area contributed by atoms with E-state index >= 15 is 0 Å². The molecule has 0 atom stereocenters. The molecular formula is C9H18N2. The zero-order valence-electron chi connectivity index (χ0n) is 7.56. The third-order valence-electron chi connectivity index (χ3n) is 2.43. The van der Waals surface area contributed by atoms with Crippen molar-refractivity contribution >= 4 is 5.71 Å². The van der Waals surface area contributed by atoms with Crippen molar-refractivity contribution in [2.75, 3.05) is 20.1 Å². The van der Waals surface area contributed by atoms with Crippen LogP contribution in [0, 0.1) is 11.3 Å². The van der Waals surface area contributed by atoms with Crippen molar-refractivity contribution in [3.63, 3.8) is 0 Å². The fraction of sp³-hybridized carbons (Fsp3) is 0.889. The Morgan fingerprint density at radius 2 is 2.00 bits per heavy atom. The van der Waals surface area contributed by atoms with Crippen LogP contribution in [0.4, 0.5) is 0 Å². The normalized spacial score (nSPS) is 22.0. The molecule has 1 fully saturated rings. The molecule has 11 heavy (non-hydrogen) atoms. The first-order valence-electron chi connectivity index (χ1n) is 4.41. The summed E-state index contributed by atoms with van der Waals surface area (Å²) in [5.74, 6) is 0.795. The van der Waals surface area contributed by atoms with Crippen LogP contribution in [0.1, 0.15) is 26.2 Å². The molecule has 0 unspecified atom stereocenters. The summed E-state index contributed by atoms with van der Waals surface area (Å²) in [6.07, 6.45) is 3.59. The van der Waals surface area contributed by atoms with Gasteiger partial charge in [-0.15, -0.1) is 0 Å². The summed E-state index contributed by atoms with van der Waals surface area (Å²) in [4.78, 5) is 2.37. The summed E-state index contributed by atoms with van der Waals surface area (Å²) in [7, 11) is 2.17. The van der Waals surface area contributed by atoms with E-state index in [2.05, 4.69) is 11.9 Å². The average molecular weight is 154 g/mol. The Kier molecular flexibility index (Phi) is 3.06. The Hall–Kier alpha value is -0.370. The van der Waals surface area contributed by atoms with Crippen LogP contribution >= 0.6 is 0 Å². The molecular weight excluding hydrogens is 136 g/mol. The maximum Gasteiger partial charge on any atom is 0.00610 e. The monoisotopic (exact) mass is 154 g/mol. The van der Waals surface area contributed by atoms with Crippen molar-refractivity contribution in [2.45, 2.75) is 26.2 Å². The van der Waals surface area contributed by atoms with E-state index < -0.39 is 0 Å². The van der Waals surface area contributed by atoms with Crippen LogP contribution in [0.2, 0.25) is 0 Å². The highest BCUT2D eigenvalue weighted by Gasteiger charge is 2.16. The second-order valence-corrected chi connectivity index (χ2v) is 3.73. The summed E-state index contributed by atoms with van der Waals surface area (Å²) in [5, 5.41) is 7.37. The molecule has 1 aliphatic heterocycles. The Morgan fingerprint density at radius 1 is 1.45 bits per heavy atom. The molecule has 0 spiro atoms. The molecule has 0 aromatic rings. The van der Waals surface area contributed by atoms with E-state index in [-0.39, 0.29) is 0 Å². The van der Waals surface area contributed by atoms with E-state index in [0.29, 0.717) is 0 Å². The van der Waals surface area contributed by atoms with Crippen LogP contribution in [-0.2, 0) is 0 Å². The van der Waals surface area contributed by atoms with Crippen molar-refractivity contribution in [2.24, 2.45) is 5.92 Å². The van der Waals surface area contributed by atoms with Crippen LogP contribution in [-0.4, -0.2) is 30.7 Å². The first kappa shape index (κ1) is 8.72. The molecule has 64 valence electrons. The molecule has 0 aromatic carbocycles. The molecule has 0 amide bonds. The van der Waals surface area contributed by atoms with E-state index in [1.807, 2.05) is 6.92 Å². The SMILES string of the molecule is CC(=N)CC1CCN(C)CC1. The van der Waals surface area contributed by atoms with Gasteiger partial charge in [0.1, 0.15) is 0 Å². The molecule has 1 saturated heterocycles. The van der Waals surface area contributed by atoms with Crippen molar-refractivity contribution < 1.29 is 0 Å². The Balaban J connectivity index is 2.22. The zero-order valence-corrected chi connectivity index (χ0v) is 7.56. The minimum absolute atomic E-state index is 0.795. The van der Waals surface area contributed by atoms with Crippen LogP contribution in [0.3, 0.4) is 0 Å². The van der Waals surface area contributed by atoms with E-state index in [9.17, 15) is 0 Å². The van der Waals surface area contributed by atoms with Crippen LogP contribution in [0.25, 0.3) is 0 Å². The molecule has 0 radical (unpaired) electrons. The molecule has 1 N–H and O–H groups in total. The maximum atomic E-state index is 7.37. The fourth-order valence-corrected chi connectivity index (χ4v) is 1.70. The highest BCUT2D eigenvalue weighted by atomic mass is 15.1. The highest BCUT2D eigenvalue weighted by Crippen LogP contribution is 2.19. The highest BCUT2D eigenvalue weighted by molar-refractivity contribution is 5.78. The summed E-state index contributed by atoms with van der Waals surface area (Å²) < 4.78 is 0. The molecule has 1 rings (SSSR count). The number of hydrogen-bond acceptors (Lipinski definition) is 2. The molecule has 2 nitrogen and oxygen atoms in total. The van der Waals surface area contributed by atoms with Gasteiger partial charge >= 0.3 is 0 Å². The van der Waals surface area contributed by atoms with Gasteiger partial charge in [-0.2, -0.15) is 0 Å². The first-order valence-corrected chi connectivity index (χ1v) is 4.41. The number of rotatable bonds is 2. The number of piperidine rings is 1. The smallest absolute Gasteiger partial charge is 0.00610 e. The predicted molar refractivity (Wildman–Crippen MR) is 48.2 cm³/mol. The predicted octanol–water partition coefficient (Wildman–Crippen LogP) is 1.76. The standard InChI is InChI=1S/C9H18N2/c1-8(10)7-9-3-5-11(2)6-4-9/h9-10H,3-7H2,1-2H3. The van der Waals surface area contributed by atoms with Gasteiger partial charge in [0, 0.05) is 5.71 Å². The van der Waals surface area contributed by atoms with E-state index in [1.54, 1.807) is 0 Å². The molecule has 1 aliphatic rings. The van der Waals surface area contributed by atoms with Crippen molar-refractivity contribution in [3.05, 3.63) is 0 Å². The van der Waals surface area contributed by atoms with Gasteiger partial charge in [0.2, 0.25) is 0 Å². The van der Waals surface area contributed by atoms with Crippen molar-refractivity contribution in [1.82, 2.24) is 4.90 Å². The fourth-order valence-electron chi connectivity index (χ4n) is 1.70. The van der Waals surface area contributed by atoms with Gasteiger partial charge in [0.05, 0.1) is 0 Å². The van der Waals surface area contributed by atoms with Crippen LogP contribution < -0.4 is 0 Å². The van der Waals surface area contributed by atoms with Gasteiger partial charge in [0.25, 0.3) is 0 Å². The van der Waals surface area contributed by atoms with Crippen LogP contribution in [0.15, 0.2) is 0 Å². The van der Waals surface area contributed by atoms with Gasteiger partial charge in [-0.05, 0) is 52.2 Å². The van der Waals surface area contributed by atoms with E-state index in [1.165, 1.54) is 25.9 Å². The van der Waals surface area contributed by atoms with Gasteiger partial charge in [-0.3, -0.25) is 0 Å².